The lowest BCUT2D eigenvalue weighted by Gasteiger charge is -2.10. The molecule has 0 aliphatic carbocycles. The molecular weight excluding hydrogens is 295 g/mol. The van der Waals surface area contributed by atoms with E-state index in [4.69, 9.17) is 21.1 Å². The molecule has 112 valence electrons. The average Bonchev–Trinajstić information content (AvgIpc) is 2.49. The Balaban J connectivity index is 1.97. The highest BCUT2D eigenvalue weighted by Crippen LogP contribution is 2.27. The molecular formula is C15H16ClFN2O2. The molecule has 0 aliphatic heterocycles. The first kappa shape index (κ1) is 15.4. The van der Waals surface area contributed by atoms with Gasteiger partial charge in [0.15, 0.2) is 23.1 Å². The minimum atomic E-state index is -0.463. The van der Waals surface area contributed by atoms with Gasteiger partial charge in [0.2, 0.25) is 0 Å². The largest absolute Gasteiger partial charge is 0.493 e. The normalized spacial score (nSPS) is 10.3. The van der Waals surface area contributed by atoms with Gasteiger partial charge in [-0.2, -0.15) is 0 Å². The number of hydrogen-bond donors (Lipinski definition) is 1. The first-order valence-corrected chi connectivity index (χ1v) is 6.77. The minimum absolute atomic E-state index is 0.194. The third-order valence-electron chi connectivity index (χ3n) is 2.96. The number of pyridine rings is 1. The summed E-state index contributed by atoms with van der Waals surface area (Å²) >= 11 is 5.65. The molecule has 1 aromatic carbocycles. The fourth-order valence-corrected chi connectivity index (χ4v) is 2.05. The van der Waals surface area contributed by atoms with Crippen LogP contribution >= 0.6 is 11.6 Å². The van der Waals surface area contributed by atoms with Crippen LogP contribution in [0.15, 0.2) is 30.5 Å². The Morgan fingerprint density at radius 2 is 1.95 bits per heavy atom. The van der Waals surface area contributed by atoms with Crippen molar-refractivity contribution in [2.45, 2.75) is 6.42 Å². The van der Waals surface area contributed by atoms with Crippen molar-refractivity contribution in [1.29, 1.82) is 0 Å². The molecule has 0 aliphatic rings. The van der Waals surface area contributed by atoms with Crippen molar-refractivity contribution >= 4 is 17.4 Å². The molecule has 6 heteroatoms. The fourth-order valence-electron chi connectivity index (χ4n) is 1.91. The van der Waals surface area contributed by atoms with Crippen molar-refractivity contribution in [3.05, 3.63) is 46.9 Å². The van der Waals surface area contributed by atoms with Gasteiger partial charge in [-0.3, -0.25) is 0 Å². The smallest absolute Gasteiger partial charge is 0.166 e. The summed E-state index contributed by atoms with van der Waals surface area (Å²) in [5.74, 6) is 1.08. The maximum absolute atomic E-state index is 13.5. The number of nitrogens with one attached hydrogen (secondary N) is 1. The quantitative estimate of drug-likeness (QED) is 0.886. The van der Waals surface area contributed by atoms with Gasteiger partial charge < -0.3 is 14.8 Å². The summed E-state index contributed by atoms with van der Waals surface area (Å²) in [6.07, 6.45) is 2.10. The second kappa shape index (κ2) is 7.13. The van der Waals surface area contributed by atoms with E-state index in [2.05, 4.69) is 10.3 Å². The number of halogens is 2. The van der Waals surface area contributed by atoms with Crippen LogP contribution in [0.3, 0.4) is 0 Å². The van der Waals surface area contributed by atoms with Gasteiger partial charge in [0.25, 0.3) is 0 Å². The molecule has 0 unspecified atom stereocenters. The third-order valence-corrected chi connectivity index (χ3v) is 3.17. The first-order chi connectivity index (χ1) is 10.1. The highest BCUT2D eigenvalue weighted by molar-refractivity contribution is 6.30. The predicted molar refractivity (Wildman–Crippen MR) is 80.9 cm³/mol. The van der Waals surface area contributed by atoms with Gasteiger partial charge in [0, 0.05) is 12.7 Å². The number of hydrogen-bond acceptors (Lipinski definition) is 4. The second-order valence-corrected chi connectivity index (χ2v) is 4.79. The molecule has 4 nitrogen and oxygen atoms in total. The summed E-state index contributed by atoms with van der Waals surface area (Å²) in [5, 5.41) is 3.21. The summed E-state index contributed by atoms with van der Waals surface area (Å²) < 4.78 is 24.0. The maximum atomic E-state index is 13.5. The Hall–Kier alpha value is -2.01. The van der Waals surface area contributed by atoms with E-state index in [9.17, 15) is 4.39 Å². The van der Waals surface area contributed by atoms with Gasteiger partial charge in [0.05, 0.1) is 19.2 Å². The summed E-state index contributed by atoms with van der Waals surface area (Å²) in [7, 11) is 3.18. The molecule has 0 fully saturated rings. The van der Waals surface area contributed by atoms with E-state index < -0.39 is 5.82 Å². The molecule has 0 saturated carbocycles. The van der Waals surface area contributed by atoms with E-state index in [1.54, 1.807) is 14.2 Å². The van der Waals surface area contributed by atoms with Gasteiger partial charge in [-0.25, -0.2) is 9.37 Å². The minimum Gasteiger partial charge on any atom is -0.493 e. The van der Waals surface area contributed by atoms with E-state index in [0.717, 1.165) is 5.56 Å². The predicted octanol–water partition coefficient (Wildman–Crippen LogP) is 3.55. The van der Waals surface area contributed by atoms with Gasteiger partial charge in [-0.05, 0) is 30.2 Å². The highest BCUT2D eigenvalue weighted by atomic mass is 35.5. The lowest BCUT2D eigenvalue weighted by Crippen LogP contribution is -2.08. The molecule has 1 aromatic heterocycles. The Morgan fingerprint density at radius 3 is 2.62 bits per heavy atom. The topological polar surface area (TPSA) is 43.4 Å². The van der Waals surface area contributed by atoms with Crippen molar-refractivity contribution in [2.24, 2.45) is 0 Å². The van der Waals surface area contributed by atoms with Crippen molar-refractivity contribution < 1.29 is 13.9 Å². The molecule has 2 rings (SSSR count). The van der Waals surface area contributed by atoms with E-state index in [-0.39, 0.29) is 10.8 Å². The van der Waals surface area contributed by atoms with Crippen LogP contribution in [0.25, 0.3) is 0 Å². The number of nitrogens with zero attached hydrogens (tertiary/aromatic N) is 1. The Bertz CT molecular complexity index is 623. The van der Waals surface area contributed by atoms with Crippen LogP contribution in [-0.4, -0.2) is 25.7 Å². The molecule has 0 radical (unpaired) electrons. The number of anilines is 1. The number of methoxy groups -OCH3 is 2. The van der Waals surface area contributed by atoms with Crippen molar-refractivity contribution in [3.8, 4) is 11.5 Å². The zero-order chi connectivity index (χ0) is 15.2. The van der Waals surface area contributed by atoms with Crippen LogP contribution in [0.2, 0.25) is 5.02 Å². The first-order valence-electron chi connectivity index (χ1n) is 6.40. The number of ether oxygens (including phenoxy) is 2. The van der Waals surface area contributed by atoms with Crippen molar-refractivity contribution in [3.63, 3.8) is 0 Å². The van der Waals surface area contributed by atoms with Gasteiger partial charge in [-0.15, -0.1) is 0 Å². The number of rotatable bonds is 6. The van der Waals surface area contributed by atoms with Gasteiger partial charge in [-0.1, -0.05) is 17.7 Å². The number of aromatic nitrogens is 1. The van der Waals surface area contributed by atoms with E-state index >= 15 is 0 Å². The van der Waals surface area contributed by atoms with Crippen LogP contribution in [-0.2, 0) is 6.42 Å². The lowest BCUT2D eigenvalue weighted by atomic mass is 10.1. The van der Waals surface area contributed by atoms with E-state index in [0.29, 0.717) is 24.5 Å². The zero-order valence-corrected chi connectivity index (χ0v) is 12.6. The SMILES string of the molecule is COc1ccc(CCNc2ncc(Cl)cc2F)cc1OC. The summed E-state index contributed by atoms with van der Waals surface area (Å²) in [5.41, 5.74) is 1.05. The molecule has 0 spiro atoms. The fraction of sp³-hybridized carbons (Fsp3) is 0.267. The lowest BCUT2D eigenvalue weighted by molar-refractivity contribution is 0.354. The maximum Gasteiger partial charge on any atom is 0.166 e. The van der Waals surface area contributed by atoms with Crippen molar-refractivity contribution in [2.75, 3.05) is 26.1 Å². The van der Waals surface area contributed by atoms with Crippen LogP contribution in [0.1, 0.15) is 5.56 Å². The van der Waals surface area contributed by atoms with Gasteiger partial charge >= 0.3 is 0 Å². The van der Waals surface area contributed by atoms with Crippen molar-refractivity contribution in [1.82, 2.24) is 4.98 Å². The summed E-state index contributed by atoms with van der Waals surface area (Å²) in [4.78, 5) is 3.91. The Labute approximate surface area is 127 Å². The molecule has 0 atom stereocenters. The highest BCUT2D eigenvalue weighted by Gasteiger charge is 2.06. The Morgan fingerprint density at radius 1 is 1.19 bits per heavy atom. The molecule has 1 N–H and O–H groups in total. The van der Waals surface area contributed by atoms with Crippen LogP contribution < -0.4 is 14.8 Å². The van der Waals surface area contributed by atoms with Crippen LogP contribution in [0, 0.1) is 5.82 Å². The summed E-state index contributed by atoms with van der Waals surface area (Å²) in [6.45, 7) is 0.543. The third kappa shape index (κ3) is 3.98. The molecule has 0 saturated heterocycles. The molecule has 0 bridgehead atoms. The Kier molecular flexibility index (Phi) is 5.22. The standard InChI is InChI=1S/C15H16ClFN2O2/c1-20-13-4-3-10(7-14(13)21-2)5-6-18-15-12(17)8-11(16)9-19-15/h3-4,7-9H,5-6H2,1-2H3,(H,18,19). The molecule has 0 amide bonds. The number of benzene rings is 1. The summed E-state index contributed by atoms with van der Waals surface area (Å²) in [6, 6.07) is 6.91. The molecule has 2 aromatic rings. The monoisotopic (exact) mass is 310 g/mol. The average molecular weight is 311 g/mol. The second-order valence-electron chi connectivity index (χ2n) is 4.35. The van der Waals surface area contributed by atoms with Crippen LogP contribution in [0.4, 0.5) is 10.2 Å². The zero-order valence-electron chi connectivity index (χ0n) is 11.8. The van der Waals surface area contributed by atoms with Crippen LogP contribution in [0.5, 0.6) is 11.5 Å². The van der Waals surface area contributed by atoms with E-state index in [1.807, 2.05) is 18.2 Å². The molecule has 21 heavy (non-hydrogen) atoms. The van der Waals surface area contributed by atoms with Gasteiger partial charge in [0.1, 0.15) is 0 Å². The molecule has 1 heterocycles. The van der Waals surface area contributed by atoms with E-state index in [1.165, 1.54) is 12.3 Å².